The molecule has 1 aromatic carbocycles. The van der Waals surface area contributed by atoms with Gasteiger partial charge in [0.15, 0.2) is 0 Å². The van der Waals surface area contributed by atoms with Crippen LogP contribution in [0.1, 0.15) is 38.2 Å². The number of unbranched alkanes of at least 4 members (excludes halogenated alkanes) is 3. The summed E-state index contributed by atoms with van der Waals surface area (Å²) in [5, 5.41) is 0. The first-order chi connectivity index (χ1) is 6.75. The molecule has 0 amide bonds. The summed E-state index contributed by atoms with van der Waals surface area (Å²) in [4.78, 5) is 0. The van der Waals surface area contributed by atoms with Crippen LogP contribution in [0.15, 0.2) is 12.1 Å². The molecule has 0 saturated heterocycles. The van der Waals surface area contributed by atoms with Gasteiger partial charge >= 0.3 is 18.9 Å². The zero-order chi connectivity index (χ0) is 10.4. The number of benzene rings is 1. The maximum atomic E-state index is 13.1. The summed E-state index contributed by atoms with van der Waals surface area (Å²) in [6.07, 6.45) is 4.93. The van der Waals surface area contributed by atoms with Crippen LogP contribution >= 0.6 is 0 Å². The van der Waals surface area contributed by atoms with Gasteiger partial charge in [-0.3, -0.25) is 4.39 Å². The zero-order valence-corrected chi connectivity index (χ0v) is 9.45. The van der Waals surface area contributed by atoms with E-state index in [9.17, 15) is 8.78 Å². The Morgan fingerprint density at radius 2 is 1.93 bits per heavy atom. The van der Waals surface area contributed by atoms with Gasteiger partial charge in [0, 0.05) is 11.6 Å². The molecule has 78 valence electrons. The van der Waals surface area contributed by atoms with Gasteiger partial charge in [0.25, 0.3) is 0 Å². The summed E-state index contributed by atoms with van der Waals surface area (Å²) in [6.45, 7) is 2.12. The van der Waals surface area contributed by atoms with E-state index in [0.717, 1.165) is 25.7 Å². The van der Waals surface area contributed by atoms with E-state index in [4.69, 9.17) is 0 Å². The van der Waals surface area contributed by atoms with Crippen molar-refractivity contribution in [2.45, 2.75) is 39.0 Å². The molecular formula is C12H15F2Li. The van der Waals surface area contributed by atoms with Crippen LogP contribution in [0.2, 0.25) is 0 Å². The fourth-order valence-corrected chi connectivity index (χ4v) is 1.43. The number of aryl methyl sites for hydroxylation is 1. The minimum atomic E-state index is -0.863. The third-order valence-corrected chi connectivity index (χ3v) is 2.27. The first-order valence-corrected chi connectivity index (χ1v) is 5.10. The quantitative estimate of drug-likeness (QED) is 0.379. The van der Waals surface area contributed by atoms with E-state index in [1.807, 2.05) is 0 Å². The van der Waals surface area contributed by atoms with Crippen molar-refractivity contribution < 1.29 is 27.6 Å². The zero-order valence-electron chi connectivity index (χ0n) is 9.45. The first-order valence-electron chi connectivity index (χ1n) is 5.10. The van der Waals surface area contributed by atoms with Gasteiger partial charge in [-0.15, -0.1) is 11.6 Å². The predicted octanol–water partition coefficient (Wildman–Crippen LogP) is 0.892. The Kier molecular flexibility index (Phi) is 7.73. The number of rotatable bonds is 5. The molecule has 0 N–H and O–H groups in total. The third-order valence-electron chi connectivity index (χ3n) is 2.27. The van der Waals surface area contributed by atoms with Gasteiger partial charge in [0.1, 0.15) is 0 Å². The molecule has 0 nitrogen and oxygen atoms in total. The molecule has 0 aliphatic carbocycles. The molecule has 3 heteroatoms. The van der Waals surface area contributed by atoms with Crippen molar-refractivity contribution in [3.05, 3.63) is 35.4 Å². The number of hydrogen-bond donors (Lipinski definition) is 0. The van der Waals surface area contributed by atoms with E-state index >= 15 is 0 Å². The van der Waals surface area contributed by atoms with Crippen molar-refractivity contribution in [1.29, 1.82) is 0 Å². The van der Waals surface area contributed by atoms with Gasteiger partial charge in [-0.2, -0.15) is 12.1 Å². The minimum Gasteiger partial charge on any atom is -0.281 e. The molecule has 0 unspecified atom stereocenters. The Bertz CT molecular complexity index is 287. The van der Waals surface area contributed by atoms with Crippen LogP contribution in [0, 0.1) is 17.7 Å². The molecule has 0 aliphatic heterocycles. The molecule has 1 aromatic rings. The van der Waals surface area contributed by atoms with E-state index in [0.29, 0.717) is 12.0 Å². The topological polar surface area (TPSA) is 0 Å². The van der Waals surface area contributed by atoms with Crippen LogP contribution in [-0.4, -0.2) is 0 Å². The van der Waals surface area contributed by atoms with Gasteiger partial charge in [-0.25, -0.2) is 4.39 Å². The molecule has 0 aromatic heterocycles. The van der Waals surface area contributed by atoms with Crippen LogP contribution < -0.4 is 18.9 Å². The molecule has 0 bridgehead atoms. The smallest absolute Gasteiger partial charge is 0.281 e. The van der Waals surface area contributed by atoms with Gasteiger partial charge in [-0.05, 0) is 6.42 Å². The van der Waals surface area contributed by atoms with Gasteiger partial charge in [-0.1, -0.05) is 32.6 Å². The second-order valence-corrected chi connectivity index (χ2v) is 3.44. The van der Waals surface area contributed by atoms with Crippen molar-refractivity contribution in [2.75, 3.05) is 0 Å². The Balaban J connectivity index is 0.00000196. The predicted molar refractivity (Wildman–Crippen MR) is 53.0 cm³/mol. The second-order valence-electron chi connectivity index (χ2n) is 3.44. The van der Waals surface area contributed by atoms with E-state index in [1.54, 1.807) is 6.07 Å². The van der Waals surface area contributed by atoms with Gasteiger partial charge in [0.05, 0.1) is 0 Å². The van der Waals surface area contributed by atoms with Crippen LogP contribution in [0.5, 0.6) is 0 Å². The molecule has 0 radical (unpaired) electrons. The van der Waals surface area contributed by atoms with Crippen LogP contribution in [-0.2, 0) is 6.42 Å². The van der Waals surface area contributed by atoms with E-state index in [2.05, 4.69) is 13.0 Å². The average Bonchev–Trinajstić information content (AvgIpc) is 2.19. The van der Waals surface area contributed by atoms with Crippen molar-refractivity contribution in [2.24, 2.45) is 0 Å². The fraction of sp³-hybridized carbons (Fsp3) is 0.500. The molecule has 0 aliphatic rings. The fourth-order valence-electron chi connectivity index (χ4n) is 1.43. The number of halogens is 2. The summed E-state index contributed by atoms with van der Waals surface area (Å²) in [5.74, 6) is -1.60. The maximum Gasteiger partial charge on any atom is 1.00 e. The van der Waals surface area contributed by atoms with Crippen LogP contribution in [0.25, 0.3) is 0 Å². The molecule has 0 heterocycles. The molecule has 0 fully saturated rings. The van der Waals surface area contributed by atoms with Crippen LogP contribution in [0.3, 0.4) is 0 Å². The minimum absolute atomic E-state index is 0. The summed E-state index contributed by atoms with van der Waals surface area (Å²) >= 11 is 0. The molecule has 0 atom stereocenters. The maximum absolute atomic E-state index is 13.1. The van der Waals surface area contributed by atoms with Gasteiger partial charge in [0.2, 0.25) is 0 Å². The standard InChI is InChI=1S/C12H15F2.Li/c1-2-3-4-5-7-10-8-6-9-11(13)12(10)14;/h6,8H,2-5,7H2,1H3;/q-1;+1. The summed E-state index contributed by atoms with van der Waals surface area (Å²) < 4.78 is 25.8. The second kappa shape index (κ2) is 7.90. The van der Waals surface area contributed by atoms with Crippen molar-refractivity contribution in [3.63, 3.8) is 0 Å². The van der Waals surface area contributed by atoms with E-state index in [-0.39, 0.29) is 18.9 Å². The Labute approximate surface area is 102 Å². The number of hydrogen-bond acceptors (Lipinski definition) is 0. The van der Waals surface area contributed by atoms with E-state index in [1.165, 1.54) is 6.07 Å². The molecule has 15 heavy (non-hydrogen) atoms. The third kappa shape index (κ3) is 4.82. The van der Waals surface area contributed by atoms with Crippen LogP contribution in [0.4, 0.5) is 8.78 Å². The van der Waals surface area contributed by atoms with Crippen molar-refractivity contribution in [1.82, 2.24) is 0 Å². The molecular weight excluding hydrogens is 189 g/mol. The largest absolute Gasteiger partial charge is 1.00 e. The summed E-state index contributed by atoms with van der Waals surface area (Å²) in [6, 6.07) is 5.24. The van der Waals surface area contributed by atoms with Gasteiger partial charge < -0.3 is 0 Å². The summed E-state index contributed by atoms with van der Waals surface area (Å²) in [5.41, 5.74) is 0.470. The monoisotopic (exact) mass is 204 g/mol. The van der Waals surface area contributed by atoms with Crippen molar-refractivity contribution in [3.8, 4) is 0 Å². The molecule has 0 saturated carbocycles. The first kappa shape index (κ1) is 14.7. The Hall–Kier alpha value is -0.323. The normalized spacial score (nSPS) is 9.80. The average molecular weight is 204 g/mol. The SMILES string of the molecule is CCCCCCc1cc[c-]c(F)c1F.[Li+]. The molecule has 1 rings (SSSR count). The van der Waals surface area contributed by atoms with E-state index < -0.39 is 11.6 Å². The summed E-state index contributed by atoms with van der Waals surface area (Å²) in [7, 11) is 0. The Morgan fingerprint density at radius 3 is 2.60 bits per heavy atom. The molecule has 0 spiro atoms. The van der Waals surface area contributed by atoms with Crippen molar-refractivity contribution >= 4 is 0 Å². The Morgan fingerprint density at radius 1 is 1.20 bits per heavy atom.